The largest absolute Gasteiger partial charge is 0.494 e. The number of benzene rings is 1. The van der Waals surface area contributed by atoms with Crippen molar-refractivity contribution in [3.8, 4) is 11.5 Å². The average molecular weight is 250 g/mol. The maximum absolute atomic E-state index is 11.3. The summed E-state index contributed by atoms with van der Waals surface area (Å²) in [5.74, 6) is 0.965. The predicted molar refractivity (Wildman–Crippen MR) is 68.9 cm³/mol. The van der Waals surface area contributed by atoms with Crippen LogP contribution in [0.2, 0.25) is 0 Å². The summed E-state index contributed by atoms with van der Waals surface area (Å²) in [6, 6.07) is 7.07. The number of esters is 1. The smallest absolute Gasteiger partial charge is 0.344 e. The number of hydrogen-bond donors (Lipinski definition) is 0. The van der Waals surface area contributed by atoms with Crippen molar-refractivity contribution < 1.29 is 19.0 Å². The van der Waals surface area contributed by atoms with E-state index in [1.807, 2.05) is 6.92 Å². The second-order valence-corrected chi connectivity index (χ2v) is 3.81. The number of carbonyl (C=O) groups excluding carboxylic acids is 1. The summed E-state index contributed by atoms with van der Waals surface area (Å²) in [7, 11) is 0. The number of carbonyl (C=O) groups is 1. The second-order valence-electron chi connectivity index (χ2n) is 3.81. The lowest BCUT2D eigenvalue weighted by atomic mass is 10.3. The van der Waals surface area contributed by atoms with Crippen LogP contribution in [-0.2, 0) is 9.53 Å². The van der Waals surface area contributed by atoms with Crippen LogP contribution in [0, 0.1) is 0 Å². The topological polar surface area (TPSA) is 44.8 Å². The third-order valence-corrected chi connectivity index (χ3v) is 1.97. The SMILES string of the molecule is C=C(C)COC(=O)COc1ccc(OCC)cc1. The van der Waals surface area contributed by atoms with Crippen LogP contribution in [0.3, 0.4) is 0 Å². The Kier molecular flexibility index (Phi) is 5.77. The minimum absolute atomic E-state index is 0.110. The molecule has 98 valence electrons. The van der Waals surface area contributed by atoms with Crippen molar-refractivity contribution in [3.63, 3.8) is 0 Å². The Hall–Kier alpha value is -1.97. The monoisotopic (exact) mass is 250 g/mol. The first-order valence-electron chi connectivity index (χ1n) is 5.77. The van der Waals surface area contributed by atoms with Gasteiger partial charge >= 0.3 is 5.97 Å². The Balaban J connectivity index is 2.34. The van der Waals surface area contributed by atoms with Crippen molar-refractivity contribution in [2.45, 2.75) is 13.8 Å². The molecular weight excluding hydrogens is 232 g/mol. The molecule has 0 aliphatic heterocycles. The van der Waals surface area contributed by atoms with Gasteiger partial charge < -0.3 is 14.2 Å². The van der Waals surface area contributed by atoms with Gasteiger partial charge in [-0.05, 0) is 43.7 Å². The molecular formula is C14H18O4. The minimum Gasteiger partial charge on any atom is -0.494 e. The average Bonchev–Trinajstić information content (AvgIpc) is 2.36. The van der Waals surface area contributed by atoms with E-state index < -0.39 is 5.97 Å². The fourth-order valence-electron chi connectivity index (χ4n) is 1.19. The van der Waals surface area contributed by atoms with Crippen molar-refractivity contribution in [1.29, 1.82) is 0 Å². The van der Waals surface area contributed by atoms with E-state index in [1.165, 1.54) is 0 Å². The molecule has 0 aliphatic carbocycles. The molecule has 0 spiro atoms. The van der Waals surface area contributed by atoms with Crippen molar-refractivity contribution in [1.82, 2.24) is 0 Å². The van der Waals surface area contributed by atoms with Gasteiger partial charge in [0, 0.05) is 0 Å². The van der Waals surface area contributed by atoms with E-state index in [-0.39, 0.29) is 13.2 Å². The van der Waals surface area contributed by atoms with Gasteiger partial charge in [0.2, 0.25) is 0 Å². The molecule has 0 aromatic heterocycles. The summed E-state index contributed by atoms with van der Waals surface area (Å²) in [6.07, 6.45) is 0. The number of rotatable bonds is 7. The molecule has 0 N–H and O–H groups in total. The predicted octanol–water partition coefficient (Wildman–Crippen LogP) is 2.58. The van der Waals surface area contributed by atoms with Crippen molar-refractivity contribution in [2.24, 2.45) is 0 Å². The molecule has 0 atom stereocenters. The molecule has 0 radical (unpaired) electrons. The molecule has 4 heteroatoms. The Bertz CT molecular complexity index is 395. The second kappa shape index (κ2) is 7.37. The maximum atomic E-state index is 11.3. The van der Waals surface area contributed by atoms with Crippen LogP contribution in [0.4, 0.5) is 0 Å². The summed E-state index contributed by atoms with van der Waals surface area (Å²) in [5, 5.41) is 0. The first-order chi connectivity index (χ1) is 8.61. The third-order valence-electron chi connectivity index (χ3n) is 1.97. The van der Waals surface area contributed by atoms with E-state index in [0.717, 1.165) is 11.3 Å². The molecule has 1 rings (SSSR count). The zero-order valence-corrected chi connectivity index (χ0v) is 10.8. The summed E-state index contributed by atoms with van der Waals surface area (Å²) in [6.45, 7) is 8.09. The lowest BCUT2D eigenvalue weighted by molar-refractivity contribution is -0.145. The maximum Gasteiger partial charge on any atom is 0.344 e. The van der Waals surface area contributed by atoms with Gasteiger partial charge in [-0.2, -0.15) is 0 Å². The van der Waals surface area contributed by atoms with Crippen LogP contribution >= 0.6 is 0 Å². The van der Waals surface area contributed by atoms with Crippen molar-refractivity contribution in [2.75, 3.05) is 19.8 Å². The van der Waals surface area contributed by atoms with Crippen LogP contribution < -0.4 is 9.47 Å². The van der Waals surface area contributed by atoms with E-state index in [2.05, 4.69) is 6.58 Å². The molecule has 0 unspecified atom stereocenters. The van der Waals surface area contributed by atoms with Gasteiger partial charge in [0.15, 0.2) is 6.61 Å². The van der Waals surface area contributed by atoms with Gasteiger partial charge in [0.25, 0.3) is 0 Å². The van der Waals surface area contributed by atoms with Crippen LogP contribution in [0.15, 0.2) is 36.4 Å². The van der Waals surface area contributed by atoms with Gasteiger partial charge in [-0.15, -0.1) is 0 Å². The first kappa shape index (κ1) is 14.1. The fourth-order valence-corrected chi connectivity index (χ4v) is 1.19. The zero-order valence-electron chi connectivity index (χ0n) is 10.8. The molecule has 0 saturated carbocycles. The van der Waals surface area contributed by atoms with Crippen LogP contribution in [0.1, 0.15) is 13.8 Å². The normalized spacial score (nSPS) is 9.67. The highest BCUT2D eigenvalue weighted by molar-refractivity contribution is 5.71. The van der Waals surface area contributed by atoms with E-state index in [9.17, 15) is 4.79 Å². The van der Waals surface area contributed by atoms with Crippen LogP contribution in [0.5, 0.6) is 11.5 Å². The van der Waals surface area contributed by atoms with Gasteiger partial charge in [0.05, 0.1) is 6.61 Å². The summed E-state index contributed by atoms with van der Waals surface area (Å²) < 4.78 is 15.5. The van der Waals surface area contributed by atoms with Gasteiger partial charge in [0.1, 0.15) is 18.1 Å². The Labute approximate surface area is 107 Å². The van der Waals surface area contributed by atoms with E-state index in [1.54, 1.807) is 31.2 Å². The third kappa shape index (κ3) is 5.39. The zero-order chi connectivity index (χ0) is 13.4. The van der Waals surface area contributed by atoms with Crippen LogP contribution in [0.25, 0.3) is 0 Å². The Morgan fingerprint density at radius 2 is 1.67 bits per heavy atom. The Morgan fingerprint density at radius 3 is 2.17 bits per heavy atom. The van der Waals surface area contributed by atoms with Crippen LogP contribution in [-0.4, -0.2) is 25.8 Å². The quantitative estimate of drug-likeness (QED) is 0.551. The lowest BCUT2D eigenvalue weighted by Gasteiger charge is -2.08. The summed E-state index contributed by atoms with van der Waals surface area (Å²) in [5.41, 5.74) is 0.796. The highest BCUT2D eigenvalue weighted by Gasteiger charge is 2.04. The highest BCUT2D eigenvalue weighted by atomic mass is 16.6. The van der Waals surface area contributed by atoms with E-state index in [4.69, 9.17) is 14.2 Å². The molecule has 0 saturated heterocycles. The highest BCUT2D eigenvalue weighted by Crippen LogP contribution is 2.17. The van der Waals surface area contributed by atoms with Crippen molar-refractivity contribution >= 4 is 5.97 Å². The molecule has 0 fully saturated rings. The molecule has 1 aromatic rings. The summed E-state index contributed by atoms with van der Waals surface area (Å²) >= 11 is 0. The van der Waals surface area contributed by atoms with Gasteiger partial charge in [-0.1, -0.05) is 6.58 Å². The first-order valence-corrected chi connectivity index (χ1v) is 5.77. The fraction of sp³-hybridized carbons (Fsp3) is 0.357. The molecule has 18 heavy (non-hydrogen) atoms. The molecule has 1 aromatic carbocycles. The Morgan fingerprint density at radius 1 is 1.11 bits per heavy atom. The minimum atomic E-state index is -0.410. The van der Waals surface area contributed by atoms with Gasteiger partial charge in [-0.25, -0.2) is 4.79 Å². The molecule has 0 aliphatic rings. The number of hydrogen-bond acceptors (Lipinski definition) is 4. The van der Waals surface area contributed by atoms with Crippen molar-refractivity contribution in [3.05, 3.63) is 36.4 Å². The molecule has 0 amide bonds. The van der Waals surface area contributed by atoms with E-state index in [0.29, 0.717) is 12.4 Å². The van der Waals surface area contributed by atoms with Gasteiger partial charge in [-0.3, -0.25) is 0 Å². The molecule has 4 nitrogen and oxygen atoms in total. The molecule has 0 heterocycles. The molecule has 0 bridgehead atoms. The lowest BCUT2D eigenvalue weighted by Crippen LogP contribution is -2.15. The number of ether oxygens (including phenoxy) is 3. The standard InChI is InChI=1S/C14H18O4/c1-4-16-12-5-7-13(8-6-12)17-10-14(15)18-9-11(2)3/h5-8H,2,4,9-10H2,1,3H3. The van der Waals surface area contributed by atoms with E-state index >= 15 is 0 Å². The summed E-state index contributed by atoms with van der Waals surface area (Å²) in [4.78, 5) is 11.3.